The van der Waals surface area contributed by atoms with Gasteiger partial charge in [-0.15, -0.1) is 0 Å². The average molecular weight is 371 g/mol. The maximum atomic E-state index is 12.5. The molecule has 1 saturated heterocycles. The molecule has 0 saturated carbocycles. The number of carboxylic acid groups (broad SMARTS) is 1. The third kappa shape index (κ3) is 4.83. The van der Waals surface area contributed by atoms with Gasteiger partial charge in [0.2, 0.25) is 5.91 Å². The van der Waals surface area contributed by atoms with Crippen molar-refractivity contribution in [2.75, 3.05) is 6.54 Å². The van der Waals surface area contributed by atoms with Crippen molar-refractivity contribution < 1.29 is 24.5 Å². The van der Waals surface area contributed by atoms with Crippen LogP contribution >= 0.6 is 21.4 Å². The lowest BCUT2D eigenvalue weighted by molar-refractivity contribution is -0.132. The van der Waals surface area contributed by atoms with Crippen LogP contribution in [0.25, 0.3) is 0 Å². The summed E-state index contributed by atoms with van der Waals surface area (Å²) in [6.45, 7) is 0.362. The molecule has 24 heavy (non-hydrogen) atoms. The fourth-order valence-corrected chi connectivity index (χ4v) is 3.67. The van der Waals surface area contributed by atoms with E-state index in [0.717, 1.165) is 0 Å². The topological polar surface area (TPSA) is 119 Å². The first kappa shape index (κ1) is 19.0. The number of nitrogens with one attached hydrogen (secondary N) is 2. The zero-order valence-electron chi connectivity index (χ0n) is 12.8. The van der Waals surface area contributed by atoms with Gasteiger partial charge in [-0.1, -0.05) is 12.2 Å². The smallest absolute Gasteiger partial charge is 0.361 e. The number of nitrogens with zero attached hydrogens (tertiary/aromatic N) is 1. The van der Waals surface area contributed by atoms with Gasteiger partial charge in [0.25, 0.3) is 5.65 Å². The van der Waals surface area contributed by atoms with Crippen LogP contribution in [0.4, 0.5) is 4.79 Å². The van der Waals surface area contributed by atoms with Crippen molar-refractivity contribution in [2.24, 2.45) is 0 Å². The summed E-state index contributed by atoms with van der Waals surface area (Å²) >= 11 is 4.36. The molecular formula is C13H19BN3O5PS. The van der Waals surface area contributed by atoms with Crippen molar-refractivity contribution in [3.05, 3.63) is 23.8 Å². The lowest BCUT2D eigenvalue weighted by Crippen LogP contribution is -2.48. The second-order valence-corrected chi connectivity index (χ2v) is 7.26. The number of hydrogen-bond acceptors (Lipinski definition) is 6. The van der Waals surface area contributed by atoms with Gasteiger partial charge in [0.05, 0.1) is 11.6 Å². The van der Waals surface area contributed by atoms with Crippen molar-refractivity contribution in [3.8, 4) is 0 Å². The summed E-state index contributed by atoms with van der Waals surface area (Å²) in [5, 5.41) is 20.4. The number of thiol groups is 1. The van der Waals surface area contributed by atoms with E-state index < -0.39 is 18.1 Å². The molecule has 4 N–H and O–H groups in total. The lowest BCUT2D eigenvalue weighted by atomic mass is 10.0. The number of rotatable bonds is 6. The molecule has 11 heteroatoms. The Kier molecular flexibility index (Phi) is 6.85. The van der Waals surface area contributed by atoms with Crippen LogP contribution in [-0.2, 0) is 9.59 Å². The largest absolute Gasteiger partial charge is 0.478 e. The number of aliphatic carboxylic acids is 1. The predicted octanol–water partition coefficient (Wildman–Crippen LogP) is -0.623. The van der Waals surface area contributed by atoms with E-state index in [1.165, 1.54) is 17.1 Å². The second-order valence-electron chi connectivity index (χ2n) is 5.50. The molecule has 130 valence electrons. The van der Waals surface area contributed by atoms with E-state index in [9.17, 15) is 14.4 Å². The summed E-state index contributed by atoms with van der Waals surface area (Å²) in [4.78, 5) is 39.7. The van der Waals surface area contributed by atoms with Crippen LogP contribution in [0.3, 0.4) is 0 Å². The molecule has 0 aromatic heterocycles. The lowest BCUT2D eigenvalue weighted by Gasteiger charge is -2.26. The molecule has 0 spiro atoms. The summed E-state index contributed by atoms with van der Waals surface area (Å²) in [6, 6.07) is -1.05. The monoisotopic (exact) mass is 371 g/mol. The Morgan fingerprint density at radius 1 is 1.42 bits per heavy atom. The molecule has 0 radical (unpaired) electrons. The molecule has 1 heterocycles. The number of carbonyl (C=O) groups excluding carboxylic acids is 2. The molecule has 1 aliphatic heterocycles. The first-order valence-electron chi connectivity index (χ1n) is 7.42. The first-order valence-corrected chi connectivity index (χ1v) is 8.94. The Hall–Kier alpha value is -1.35. The Morgan fingerprint density at radius 2 is 2.17 bits per heavy atom. The summed E-state index contributed by atoms with van der Waals surface area (Å²) < 4.78 is 0. The molecule has 2 amide bonds. The molecule has 0 bridgehead atoms. The van der Waals surface area contributed by atoms with Gasteiger partial charge in [0.1, 0.15) is 6.04 Å². The Morgan fingerprint density at radius 3 is 2.83 bits per heavy atom. The van der Waals surface area contributed by atoms with Crippen LogP contribution in [0, 0.1) is 0 Å². The maximum Gasteiger partial charge on any atom is 0.361 e. The number of amides is 2. The molecule has 2 aliphatic rings. The summed E-state index contributed by atoms with van der Waals surface area (Å²) in [6.07, 6.45) is 5.63. The van der Waals surface area contributed by atoms with Gasteiger partial charge >= 0.3 is 13.6 Å². The zero-order chi connectivity index (χ0) is 17.7. The molecule has 1 fully saturated rings. The van der Waals surface area contributed by atoms with Gasteiger partial charge in [-0.2, -0.15) is 12.6 Å². The molecule has 4 atom stereocenters. The summed E-state index contributed by atoms with van der Waals surface area (Å²) in [5.41, 5.74) is -0.127. The van der Waals surface area contributed by atoms with Crippen molar-refractivity contribution >= 4 is 46.5 Å². The highest BCUT2D eigenvalue weighted by Crippen LogP contribution is 2.27. The van der Waals surface area contributed by atoms with Crippen LogP contribution in [0.15, 0.2) is 23.8 Å². The van der Waals surface area contributed by atoms with Crippen molar-refractivity contribution in [2.45, 2.75) is 30.2 Å². The van der Waals surface area contributed by atoms with Gasteiger partial charge in [-0.3, -0.25) is 9.59 Å². The number of carboxylic acids is 1. The van der Waals surface area contributed by atoms with Crippen molar-refractivity contribution in [1.29, 1.82) is 0 Å². The fraction of sp³-hybridized carbons (Fsp3) is 0.462. The Bertz CT molecular complexity index is 588. The zero-order valence-corrected chi connectivity index (χ0v) is 14.7. The number of hydrogen-bond donors (Lipinski definition) is 5. The van der Waals surface area contributed by atoms with Gasteiger partial charge in [0, 0.05) is 20.5 Å². The Balaban J connectivity index is 2.01. The highest BCUT2D eigenvalue weighted by atomic mass is 32.1. The van der Waals surface area contributed by atoms with Crippen LogP contribution < -0.4 is 10.3 Å². The maximum absolute atomic E-state index is 12.5. The second kappa shape index (κ2) is 8.66. The van der Waals surface area contributed by atoms with Gasteiger partial charge < -0.3 is 25.3 Å². The molecular weight excluding hydrogens is 352 g/mol. The Labute approximate surface area is 147 Å². The first-order chi connectivity index (χ1) is 11.4. The third-order valence-electron chi connectivity index (χ3n) is 3.76. The van der Waals surface area contributed by atoms with E-state index in [-0.39, 0.29) is 38.7 Å². The van der Waals surface area contributed by atoms with E-state index in [1.807, 2.05) is 0 Å². The van der Waals surface area contributed by atoms with E-state index in [2.05, 4.69) is 22.9 Å². The van der Waals surface area contributed by atoms with Crippen LogP contribution in [0.5, 0.6) is 0 Å². The number of carbonyl (C=O) groups is 3. The minimum absolute atomic E-state index is 0.0972. The van der Waals surface area contributed by atoms with Crippen LogP contribution in [0.1, 0.15) is 12.8 Å². The minimum Gasteiger partial charge on any atom is -0.478 e. The fourth-order valence-electron chi connectivity index (χ4n) is 2.68. The normalized spacial score (nSPS) is 26.5. The predicted molar refractivity (Wildman–Crippen MR) is 95.5 cm³/mol. The molecule has 2 rings (SSSR count). The van der Waals surface area contributed by atoms with Gasteiger partial charge in [-0.25, -0.2) is 4.79 Å². The van der Waals surface area contributed by atoms with E-state index in [4.69, 9.17) is 10.1 Å². The molecule has 2 unspecified atom stereocenters. The number of likely N-dealkylation sites (tertiary alicyclic amines) is 1. The van der Waals surface area contributed by atoms with Gasteiger partial charge in [-0.05, 0) is 18.9 Å². The SMILES string of the molecule is O=C(O)C1=CC(NC(=O)[C@@H]2C[C@H](S)CN2C(=O)PNBO)CC=C1. The van der Waals surface area contributed by atoms with Crippen LogP contribution in [-0.4, -0.2) is 64.1 Å². The van der Waals surface area contributed by atoms with E-state index in [1.54, 1.807) is 6.08 Å². The van der Waals surface area contributed by atoms with Crippen LogP contribution in [0.2, 0.25) is 0 Å². The minimum atomic E-state index is -1.05. The van der Waals surface area contributed by atoms with E-state index in [0.29, 0.717) is 19.4 Å². The van der Waals surface area contributed by atoms with Gasteiger partial charge in [0.15, 0.2) is 0 Å². The molecule has 0 aromatic carbocycles. The average Bonchev–Trinajstić information content (AvgIpc) is 2.95. The molecule has 8 nitrogen and oxygen atoms in total. The summed E-state index contributed by atoms with van der Waals surface area (Å²) in [5.74, 6) is -1.37. The van der Waals surface area contributed by atoms with Crippen molar-refractivity contribution in [1.82, 2.24) is 15.2 Å². The summed E-state index contributed by atoms with van der Waals surface area (Å²) in [7, 11) is -0.628. The highest BCUT2D eigenvalue weighted by Gasteiger charge is 2.38. The third-order valence-corrected chi connectivity index (χ3v) is 4.97. The van der Waals surface area contributed by atoms with Crippen molar-refractivity contribution in [3.63, 3.8) is 0 Å². The molecule has 1 aliphatic carbocycles. The van der Waals surface area contributed by atoms with E-state index >= 15 is 0 Å². The highest BCUT2D eigenvalue weighted by molar-refractivity contribution is 7.81. The standard InChI is InChI=1S/C13H19BN3O5PS/c18-11(15-8-3-1-2-7(4-8)12(19)20)10-5-9(24)6-17(10)13(21)23-16-14-22/h1-2,4,8-10,14,16,22-24H,3,5-6H2,(H,15,18)(H,19,20)/t8?,9-,10-/m0/s1. The molecule has 0 aromatic rings. The quantitative estimate of drug-likeness (QED) is 0.241.